The Hall–Kier alpha value is -0.0800. The number of likely N-dealkylation sites (N-methyl/N-ethyl adjacent to an activating group) is 1. The average molecular weight is 196 g/mol. The van der Waals surface area contributed by atoms with Crippen LogP contribution in [0.4, 0.5) is 0 Å². The molecule has 0 radical (unpaired) electrons. The summed E-state index contributed by atoms with van der Waals surface area (Å²) in [5, 5.41) is 3.65. The summed E-state index contributed by atoms with van der Waals surface area (Å²) in [6, 6.07) is 1.70. The SMILES string of the molecule is CCN(CC1CCCCN1)C1CCC1. The molecule has 0 aromatic heterocycles. The zero-order valence-corrected chi connectivity index (χ0v) is 9.47. The molecule has 1 saturated carbocycles. The van der Waals surface area contributed by atoms with E-state index in [0.29, 0.717) is 0 Å². The predicted octanol–water partition coefficient (Wildman–Crippen LogP) is 2.00. The van der Waals surface area contributed by atoms with Crippen molar-refractivity contribution in [2.75, 3.05) is 19.6 Å². The van der Waals surface area contributed by atoms with E-state index in [-0.39, 0.29) is 0 Å². The number of nitrogens with one attached hydrogen (secondary N) is 1. The molecule has 2 aliphatic rings. The summed E-state index contributed by atoms with van der Waals surface area (Å²) >= 11 is 0. The molecule has 1 unspecified atom stereocenters. The first-order valence-corrected chi connectivity index (χ1v) is 6.37. The maximum absolute atomic E-state index is 3.65. The van der Waals surface area contributed by atoms with Crippen LogP contribution in [-0.2, 0) is 0 Å². The minimum absolute atomic E-state index is 0.782. The summed E-state index contributed by atoms with van der Waals surface area (Å²) in [6.07, 6.45) is 8.55. The standard InChI is InChI=1S/C12H24N2/c1-2-14(12-7-5-8-12)10-11-6-3-4-9-13-11/h11-13H,2-10H2,1H3. The van der Waals surface area contributed by atoms with Crippen LogP contribution in [0.1, 0.15) is 45.4 Å². The van der Waals surface area contributed by atoms with Crippen molar-refractivity contribution in [3.63, 3.8) is 0 Å². The van der Waals surface area contributed by atoms with Gasteiger partial charge in [-0.2, -0.15) is 0 Å². The Kier molecular flexibility index (Phi) is 3.82. The molecule has 1 N–H and O–H groups in total. The van der Waals surface area contributed by atoms with Gasteiger partial charge in [0, 0.05) is 18.6 Å². The first kappa shape index (κ1) is 10.4. The third-order valence-corrected chi connectivity index (χ3v) is 3.86. The van der Waals surface area contributed by atoms with Gasteiger partial charge < -0.3 is 5.32 Å². The molecule has 1 heterocycles. The number of hydrogen-bond acceptors (Lipinski definition) is 2. The lowest BCUT2D eigenvalue weighted by atomic mass is 9.90. The monoisotopic (exact) mass is 196 g/mol. The first-order valence-electron chi connectivity index (χ1n) is 6.37. The maximum Gasteiger partial charge on any atom is 0.0195 e. The van der Waals surface area contributed by atoms with Crippen molar-refractivity contribution in [1.29, 1.82) is 0 Å². The summed E-state index contributed by atoms with van der Waals surface area (Å²) in [5.74, 6) is 0. The fraction of sp³-hybridized carbons (Fsp3) is 1.00. The highest BCUT2D eigenvalue weighted by atomic mass is 15.2. The molecule has 2 rings (SSSR count). The van der Waals surface area contributed by atoms with Crippen LogP contribution in [0.15, 0.2) is 0 Å². The van der Waals surface area contributed by atoms with Gasteiger partial charge in [0.05, 0.1) is 0 Å². The Labute approximate surface area is 88.1 Å². The third kappa shape index (κ3) is 2.48. The van der Waals surface area contributed by atoms with Crippen molar-refractivity contribution in [2.24, 2.45) is 0 Å². The van der Waals surface area contributed by atoms with E-state index in [4.69, 9.17) is 0 Å². The van der Waals surface area contributed by atoms with E-state index in [9.17, 15) is 0 Å². The highest BCUT2D eigenvalue weighted by Crippen LogP contribution is 2.25. The fourth-order valence-corrected chi connectivity index (χ4v) is 2.65. The Balaban J connectivity index is 1.74. The van der Waals surface area contributed by atoms with Gasteiger partial charge in [0.15, 0.2) is 0 Å². The van der Waals surface area contributed by atoms with E-state index in [1.54, 1.807) is 0 Å². The number of piperidine rings is 1. The minimum Gasteiger partial charge on any atom is -0.313 e. The van der Waals surface area contributed by atoms with Gasteiger partial charge in [-0.05, 0) is 38.8 Å². The fourth-order valence-electron chi connectivity index (χ4n) is 2.65. The highest BCUT2D eigenvalue weighted by Gasteiger charge is 2.26. The molecule has 1 aliphatic heterocycles. The van der Waals surface area contributed by atoms with E-state index in [0.717, 1.165) is 12.1 Å². The van der Waals surface area contributed by atoms with Crippen LogP contribution in [0.25, 0.3) is 0 Å². The molecule has 0 aromatic carbocycles. The minimum atomic E-state index is 0.782. The molecule has 0 bridgehead atoms. The largest absolute Gasteiger partial charge is 0.313 e. The lowest BCUT2D eigenvalue weighted by Crippen LogP contribution is -2.49. The Morgan fingerprint density at radius 3 is 2.50 bits per heavy atom. The lowest BCUT2D eigenvalue weighted by molar-refractivity contribution is 0.115. The molecular weight excluding hydrogens is 172 g/mol. The predicted molar refractivity (Wildman–Crippen MR) is 60.5 cm³/mol. The van der Waals surface area contributed by atoms with Crippen molar-refractivity contribution < 1.29 is 0 Å². The molecule has 2 fully saturated rings. The summed E-state index contributed by atoms with van der Waals surface area (Å²) in [6.45, 7) is 6.08. The molecule has 1 atom stereocenters. The maximum atomic E-state index is 3.65. The third-order valence-electron chi connectivity index (χ3n) is 3.86. The number of rotatable bonds is 4. The molecule has 82 valence electrons. The van der Waals surface area contributed by atoms with Crippen LogP contribution < -0.4 is 5.32 Å². The van der Waals surface area contributed by atoms with E-state index < -0.39 is 0 Å². The van der Waals surface area contributed by atoms with Crippen LogP contribution in [0.3, 0.4) is 0 Å². The van der Waals surface area contributed by atoms with Gasteiger partial charge in [-0.15, -0.1) is 0 Å². The molecule has 0 spiro atoms. The summed E-state index contributed by atoms with van der Waals surface area (Å²) in [5.41, 5.74) is 0. The summed E-state index contributed by atoms with van der Waals surface area (Å²) < 4.78 is 0. The van der Waals surface area contributed by atoms with Crippen molar-refractivity contribution in [3.8, 4) is 0 Å². The van der Waals surface area contributed by atoms with E-state index >= 15 is 0 Å². The van der Waals surface area contributed by atoms with Gasteiger partial charge in [0.2, 0.25) is 0 Å². The second-order valence-corrected chi connectivity index (χ2v) is 4.82. The smallest absolute Gasteiger partial charge is 0.0195 e. The molecule has 1 aliphatic carbocycles. The molecule has 0 aromatic rings. The van der Waals surface area contributed by atoms with Gasteiger partial charge in [-0.1, -0.05) is 19.8 Å². The van der Waals surface area contributed by atoms with Crippen molar-refractivity contribution in [1.82, 2.24) is 10.2 Å². The average Bonchev–Trinajstić information content (AvgIpc) is 2.15. The van der Waals surface area contributed by atoms with E-state index in [2.05, 4.69) is 17.1 Å². The van der Waals surface area contributed by atoms with Crippen LogP contribution in [0, 0.1) is 0 Å². The topological polar surface area (TPSA) is 15.3 Å². The molecule has 14 heavy (non-hydrogen) atoms. The second-order valence-electron chi connectivity index (χ2n) is 4.82. The van der Waals surface area contributed by atoms with Gasteiger partial charge in [0.1, 0.15) is 0 Å². The lowest BCUT2D eigenvalue weighted by Gasteiger charge is -2.39. The van der Waals surface area contributed by atoms with E-state index in [1.165, 1.54) is 58.2 Å². The quantitative estimate of drug-likeness (QED) is 0.740. The zero-order chi connectivity index (χ0) is 9.80. The Bertz CT molecular complexity index is 160. The molecule has 2 heteroatoms. The summed E-state index contributed by atoms with van der Waals surface area (Å²) in [4.78, 5) is 2.69. The normalized spacial score (nSPS) is 29.1. The second kappa shape index (κ2) is 5.13. The molecule has 1 saturated heterocycles. The van der Waals surface area contributed by atoms with Gasteiger partial charge >= 0.3 is 0 Å². The molecular formula is C12H24N2. The Morgan fingerprint density at radius 1 is 1.14 bits per heavy atom. The molecule has 0 amide bonds. The van der Waals surface area contributed by atoms with Gasteiger partial charge in [-0.3, -0.25) is 4.90 Å². The van der Waals surface area contributed by atoms with Crippen LogP contribution in [-0.4, -0.2) is 36.6 Å². The van der Waals surface area contributed by atoms with Crippen molar-refractivity contribution >= 4 is 0 Å². The number of hydrogen-bond donors (Lipinski definition) is 1. The van der Waals surface area contributed by atoms with Crippen LogP contribution in [0.5, 0.6) is 0 Å². The van der Waals surface area contributed by atoms with Crippen LogP contribution in [0.2, 0.25) is 0 Å². The molecule has 2 nitrogen and oxygen atoms in total. The van der Waals surface area contributed by atoms with Gasteiger partial charge in [0.25, 0.3) is 0 Å². The van der Waals surface area contributed by atoms with E-state index in [1.807, 2.05) is 0 Å². The Morgan fingerprint density at radius 2 is 2.00 bits per heavy atom. The highest BCUT2D eigenvalue weighted by molar-refractivity contribution is 4.83. The first-order chi connectivity index (χ1) is 6.90. The van der Waals surface area contributed by atoms with Gasteiger partial charge in [-0.25, -0.2) is 0 Å². The van der Waals surface area contributed by atoms with Crippen molar-refractivity contribution in [3.05, 3.63) is 0 Å². The number of nitrogens with zero attached hydrogens (tertiary/aromatic N) is 1. The van der Waals surface area contributed by atoms with Crippen molar-refractivity contribution in [2.45, 2.75) is 57.5 Å². The zero-order valence-electron chi connectivity index (χ0n) is 9.47. The van der Waals surface area contributed by atoms with Crippen LogP contribution >= 0.6 is 0 Å². The summed E-state index contributed by atoms with van der Waals surface area (Å²) in [7, 11) is 0.